The van der Waals surface area contributed by atoms with Crippen LogP contribution in [0.5, 0.6) is 11.5 Å². The second-order valence-electron chi connectivity index (χ2n) is 5.24. The Labute approximate surface area is 151 Å². The van der Waals surface area contributed by atoms with Crippen molar-refractivity contribution < 1.29 is 19.2 Å². The van der Waals surface area contributed by atoms with E-state index >= 15 is 0 Å². The van der Waals surface area contributed by atoms with Gasteiger partial charge in [0.15, 0.2) is 11.5 Å². The summed E-state index contributed by atoms with van der Waals surface area (Å²) >= 11 is 0. The Morgan fingerprint density at radius 3 is 2.46 bits per heavy atom. The third-order valence-electron chi connectivity index (χ3n) is 3.34. The Bertz CT molecular complexity index is 779. The Kier molecular flexibility index (Phi) is 6.78. The maximum absolute atomic E-state index is 12.1. The molecule has 0 aliphatic carbocycles. The number of nitrogens with zero attached hydrogens (tertiary/aromatic N) is 1. The monoisotopic (exact) mass is 359 g/mol. The number of nitro groups is 1. The summed E-state index contributed by atoms with van der Waals surface area (Å²) in [4.78, 5) is 22.4. The van der Waals surface area contributed by atoms with Crippen molar-refractivity contribution in [2.45, 2.75) is 13.8 Å². The smallest absolute Gasteiger partial charge is 0.271 e. The van der Waals surface area contributed by atoms with Crippen LogP contribution in [0.1, 0.15) is 13.8 Å². The molecule has 0 unspecified atom stereocenters. The molecule has 0 atom stereocenters. The largest absolute Gasteiger partial charge is 0.490 e. The first-order valence-corrected chi connectivity index (χ1v) is 8.21. The van der Waals surface area contributed by atoms with Crippen molar-refractivity contribution in [3.05, 3.63) is 52.6 Å². The van der Waals surface area contributed by atoms with E-state index in [0.717, 1.165) is 0 Å². The molecular weight excluding hydrogens is 338 g/mol. The van der Waals surface area contributed by atoms with Gasteiger partial charge in [0.2, 0.25) is 5.91 Å². The molecule has 0 fully saturated rings. The van der Waals surface area contributed by atoms with E-state index in [4.69, 9.17) is 9.47 Å². The van der Waals surface area contributed by atoms with Crippen molar-refractivity contribution in [3.63, 3.8) is 0 Å². The molecule has 0 aromatic heterocycles. The van der Waals surface area contributed by atoms with Gasteiger partial charge >= 0.3 is 0 Å². The van der Waals surface area contributed by atoms with Gasteiger partial charge in [-0.1, -0.05) is 6.07 Å². The van der Waals surface area contributed by atoms with E-state index in [1.165, 1.54) is 12.1 Å². The third-order valence-corrected chi connectivity index (χ3v) is 3.34. The molecule has 0 radical (unpaired) electrons. The first kappa shape index (κ1) is 19.0. The standard InChI is InChI=1S/C18H21N3O5/c1-3-25-16-9-8-14(11-17(16)26-4-2)20-18(22)12-19-13-6-5-7-15(10-13)21(23)24/h5-11,19H,3-4,12H2,1-2H3,(H,20,22). The number of benzene rings is 2. The van der Waals surface area contributed by atoms with Crippen molar-refractivity contribution >= 4 is 23.0 Å². The summed E-state index contributed by atoms with van der Waals surface area (Å²) in [6, 6.07) is 11.1. The molecule has 0 heterocycles. The lowest BCUT2D eigenvalue weighted by molar-refractivity contribution is -0.384. The number of amides is 1. The number of hydrogen-bond acceptors (Lipinski definition) is 6. The van der Waals surface area contributed by atoms with Crippen LogP contribution in [0.15, 0.2) is 42.5 Å². The van der Waals surface area contributed by atoms with Crippen molar-refractivity contribution in [1.82, 2.24) is 0 Å². The molecule has 0 saturated heterocycles. The predicted molar refractivity (Wildman–Crippen MR) is 99.0 cm³/mol. The van der Waals surface area contributed by atoms with Gasteiger partial charge in [0.05, 0.1) is 24.7 Å². The minimum absolute atomic E-state index is 0.0294. The minimum atomic E-state index is -0.486. The molecule has 0 spiro atoms. The number of anilines is 2. The number of nitro benzene ring substituents is 1. The first-order chi connectivity index (χ1) is 12.5. The maximum atomic E-state index is 12.1. The van der Waals surface area contributed by atoms with E-state index in [1.807, 2.05) is 13.8 Å². The number of hydrogen-bond donors (Lipinski definition) is 2. The van der Waals surface area contributed by atoms with Crippen LogP contribution in [0.4, 0.5) is 17.1 Å². The lowest BCUT2D eigenvalue weighted by Crippen LogP contribution is -2.21. The van der Waals surface area contributed by atoms with Crippen LogP contribution in [-0.2, 0) is 4.79 Å². The van der Waals surface area contributed by atoms with E-state index in [-0.39, 0.29) is 18.1 Å². The van der Waals surface area contributed by atoms with E-state index in [9.17, 15) is 14.9 Å². The molecular formula is C18H21N3O5. The van der Waals surface area contributed by atoms with E-state index in [0.29, 0.717) is 36.1 Å². The number of carbonyl (C=O) groups is 1. The molecule has 2 rings (SSSR count). The second kappa shape index (κ2) is 9.26. The normalized spacial score (nSPS) is 10.1. The Morgan fingerprint density at radius 2 is 1.77 bits per heavy atom. The summed E-state index contributed by atoms with van der Waals surface area (Å²) in [7, 11) is 0. The van der Waals surface area contributed by atoms with Gasteiger partial charge < -0.3 is 20.1 Å². The van der Waals surface area contributed by atoms with Crippen molar-refractivity contribution in [3.8, 4) is 11.5 Å². The predicted octanol–water partition coefficient (Wildman–Crippen LogP) is 3.44. The van der Waals surface area contributed by atoms with Gasteiger partial charge in [0.25, 0.3) is 5.69 Å². The number of non-ortho nitro benzene ring substituents is 1. The zero-order valence-corrected chi connectivity index (χ0v) is 14.7. The zero-order chi connectivity index (χ0) is 18.9. The Hall–Kier alpha value is -3.29. The number of rotatable bonds is 9. The minimum Gasteiger partial charge on any atom is -0.490 e. The molecule has 2 aromatic rings. The topological polar surface area (TPSA) is 103 Å². The van der Waals surface area contributed by atoms with Crippen LogP contribution in [0.2, 0.25) is 0 Å². The van der Waals surface area contributed by atoms with Gasteiger partial charge in [-0.05, 0) is 32.0 Å². The second-order valence-corrected chi connectivity index (χ2v) is 5.24. The van der Waals surface area contributed by atoms with Gasteiger partial charge in [-0.25, -0.2) is 0 Å². The van der Waals surface area contributed by atoms with Gasteiger partial charge in [0.1, 0.15) is 0 Å². The number of nitrogens with one attached hydrogen (secondary N) is 2. The molecule has 0 aliphatic heterocycles. The summed E-state index contributed by atoms with van der Waals surface area (Å²) in [5, 5.41) is 16.4. The summed E-state index contributed by atoms with van der Waals surface area (Å²) in [6.45, 7) is 4.71. The molecule has 0 aliphatic rings. The Morgan fingerprint density at radius 1 is 1.04 bits per heavy atom. The highest BCUT2D eigenvalue weighted by atomic mass is 16.6. The number of ether oxygens (including phenoxy) is 2. The summed E-state index contributed by atoms with van der Waals surface area (Å²) < 4.78 is 11.0. The molecule has 2 aromatic carbocycles. The van der Waals surface area contributed by atoms with E-state index in [2.05, 4.69) is 10.6 Å². The molecule has 138 valence electrons. The van der Waals surface area contributed by atoms with Crippen LogP contribution in [0.3, 0.4) is 0 Å². The highest BCUT2D eigenvalue weighted by Gasteiger charge is 2.10. The summed E-state index contributed by atoms with van der Waals surface area (Å²) in [5.74, 6) is 0.879. The van der Waals surface area contributed by atoms with Crippen molar-refractivity contribution in [2.24, 2.45) is 0 Å². The fourth-order valence-electron chi connectivity index (χ4n) is 2.25. The Balaban J connectivity index is 1.98. The molecule has 8 nitrogen and oxygen atoms in total. The lowest BCUT2D eigenvalue weighted by Gasteiger charge is -2.13. The number of carbonyl (C=O) groups excluding carboxylic acids is 1. The van der Waals surface area contributed by atoms with E-state index < -0.39 is 4.92 Å². The molecule has 8 heteroatoms. The maximum Gasteiger partial charge on any atom is 0.271 e. The molecule has 2 N–H and O–H groups in total. The molecule has 0 saturated carbocycles. The van der Waals surface area contributed by atoms with Gasteiger partial charge in [-0.15, -0.1) is 0 Å². The van der Waals surface area contributed by atoms with Crippen LogP contribution in [0.25, 0.3) is 0 Å². The fourth-order valence-corrected chi connectivity index (χ4v) is 2.25. The summed E-state index contributed by atoms with van der Waals surface area (Å²) in [5.41, 5.74) is 1.03. The van der Waals surface area contributed by atoms with Gasteiger partial charge in [-0.2, -0.15) is 0 Å². The van der Waals surface area contributed by atoms with Gasteiger partial charge in [-0.3, -0.25) is 14.9 Å². The van der Waals surface area contributed by atoms with Crippen molar-refractivity contribution in [2.75, 3.05) is 30.4 Å². The van der Waals surface area contributed by atoms with Crippen LogP contribution in [-0.4, -0.2) is 30.6 Å². The SMILES string of the molecule is CCOc1ccc(NC(=O)CNc2cccc([N+](=O)[O-])c2)cc1OCC. The molecule has 26 heavy (non-hydrogen) atoms. The fraction of sp³-hybridized carbons (Fsp3) is 0.278. The van der Waals surface area contributed by atoms with Crippen molar-refractivity contribution in [1.29, 1.82) is 0 Å². The quantitative estimate of drug-likeness (QED) is 0.525. The highest BCUT2D eigenvalue weighted by molar-refractivity contribution is 5.94. The molecule has 1 amide bonds. The lowest BCUT2D eigenvalue weighted by atomic mass is 10.2. The average molecular weight is 359 g/mol. The zero-order valence-electron chi connectivity index (χ0n) is 14.7. The van der Waals surface area contributed by atoms with E-state index in [1.54, 1.807) is 30.3 Å². The third kappa shape index (κ3) is 5.37. The average Bonchev–Trinajstić information content (AvgIpc) is 2.63. The van der Waals surface area contributed by atoms with Crippen LogP contribution >= 0.6 is 0 Å². The highest BCUT2D eigenvalue weighted by Crippen LogP contribution is 2.30. The molecule has 0 bridgehead atoms. The van der Waals surface area contributed by atoms with Crippen LogP contribution < -0.4 is 20.1 Å². The van der Waals surface area contributed by atoms with Crippen LogP contribution in [0, 0.1) is 10.1 Å². The summed E-state index contributed by atoms with van der Waals surface area (Å²) in [6.07, 6.45) is 0. The van der Waals surface area contributed by atoms with Gasteiger partial charge in [0, 0.05) is 29.6 Å². The first-order valence-electron chi connectivity index (χ1n) is 8.21.